The molecule has 2 saturated carbocycles. The molecule has 14 heavy (non-hydrogen) atoms. The van der Waals surface area contributed by atoms with Crippen LogP contribution in [-0.4, -0.2) is 10.7 Å². The molecule has 0 heterocycles. The monoisotopic (exact) mass is 193 g/mol. The van der Waals surface area contributed by atoms with Crippen LogP contribution in [0.15, 0.2) is 0 Å². The van der Waals surface area contributed by atoms with Gasteiger partial charge in [0.05, 0.1) is 17.1 Å². The molecule has 0 aromatic carbocycles. The molecule has 0 bridgehead atoms. The summed E-state index contributed by atoms with van der Waals surface area (Å²) in [6.45, 7) is 4.34. The van der Waals surface area contributed by atoms with E-state index < -0.39 is 11.0 Å². The number of aliphatic hydroxyl groups is 1. The third kappa shape index (κ3) is 1.19. The van der Waals surface area contributed by atoms with Crippen LogP contribution in [0.25, 0.3) is 0 Å². The Bertz CT molecular complexity index is 275. The molecular formula is C12H19NO. The standard InChI is InChI=1S/C12H19NO/c1-9-3-4-11(5-9,8-13)12(14)6-10(2)7-12/h9-10,14H,3-7H2,1-2H3. The lowest BCUT2D eigenvalue weighted by atomic mass is 9.57. The van der Waals surface area contributed by atoms with E-state index in [-0.39, 0.29) is 0 Å². The fourth-order valence-corrected chi connectivity index (χ4v) is 3.40. The van der Waals surface area contributed by atoms with Gasteiger partial charge in [-0.1, -0.05) is 13.8 Å². The highest BCUT2D eigenvalue weighted by Gasteiger charge is 2.58. The summed E-state index contributed by atoms with van der Waals surface area (Å²) < 4.78 is 0. The van der Waals surface area contributed by atoms with Crippen LogP contribution < -0.4 is 0 Å². The first-order valence-electron chi connectivity index (χ1n) is 5.65. The maximum atomic E-state index is 10.4. The van der Waals surface area contributed by atoms with Crippen LogP contribution in [0.3, 0.4) is 0 Å². The van der Waals surface area contributed by atoms with Crippen LogP contribution in [0.4, 0.5) is 0 Å². The predicted molar refractivity (Wildman–Crippen MR) is 54.4 cm³/mol. The normalized spacial score (nSPS) is 52.4. The lowest BCUT2D eigenvalue weighted by Crippen LogP contribution is -2.55. The van der Waals surface area contributed by atoms with E-state index in [0.29, 0.717) is 11.8 Å². The van der Waals surface area contributed by atoms with Crippen molar-refractivity contribution in [2.75, 3.05) is 0 Å². The molecule has 0 aromatic rings. The van der Waals surface area contributed by atoms with Gasteiger partial charge in [-0.05, 0) is 43.9 Å². The van der Waals surface area contributed by atoms with Crippen molar-refractivity contribution in [1.29, 1.82) is 5.26 Å². The molecule has 2 nitrogen and oxygen atoms in total. The average Bonchev–Trinajstić information content (AvgIpc) is 2.46. The Kier molecular flexibility index (Phi) is 2.12. The third-order valence-electron chi connectivity index (χ3n) is 4.24. The molecule has 0 aliphatic heterocycles. The third-order valence-corrected chi connectivity index (χ3v) is 4.24. The molecule has 2 heteroatoms. The SMILES string of the molecule is CC1CC(O)(C2(C#N)CCC(C)C2)C1. The highest BCUT2D eigenvalue weighted by molar-refractivity contribution is 5.18. The van der Waals surface area contributed by atoms with E-state index in [1.54, 1.807) is 0 Å². The lowest BCUT2D eigenvalue weighted by Gasteiger charge is -2.50. The molecule has 1 N–H and O–H groups in total. The van der Waals surface area contributed by atoms with Gasteiger partial charge in [0.25, 0.3) is 0 Å². The summed E-state index contributed by atoms with van der Waals surface area (Å²) in [5.41, 5.74) is -1.08. The molecule has 2 fully saturated rings. The molecule has 2 rings (SSSR count). The number of hydrogen-bond acceptors (Lipinski definition) is 2. The van der Waals surface area contributed by atoms with Crippen molar-refractivity contribution in [3.63, 3.8) is 0 Å². The van der Waals surface area contributed by atoms with Gasteiger partial charge in [0.1, 0.15) is 0 Å². The smallest absolute Gasteiger partial charge is 0.0863 e. The van der Waals surface area contributed by atoms with Crippen molar-refractivity contribution >= 4 is 0 Å². The van der Waals surface area contributed by atoms with Crippen LogP contribution in [0.1, 0.15) is 46.0 Å². The molecule has 2 aliphatic rings. The van der Waals surface area contributed by atoms with Crippen LogP contribution in [-0.2, 0) is 0 Å². The zero-order valence-electron chi connectivity index (χ0n) is 9.08. The Hall–Kier alpha value is -0.550. The first-order valence-corrected chi connectivity index (χ1v) is 5.65. The Morgan fingerprint density at radius 3 is 2.21 bits per heavy atom. The van der Waals surface area contributed by atoms with E-state index in [4.69, 9.17) is 0 Å². The molecule has 2 atom stereocenters. The highest BCUT2D eigenvalue weighted by Crippen LogP contribution is 2.57. The second-order valence-corrected chi connectivity index (χ2v) is 5.59. The molecule has 0 radical (unpaired) electrons. The van der Waals surface area contributed by atoms with E-state index in [0.717, 1.165) is 32.1 Å². The van der Waals surface area contributed by atoms with Gasteiger partial charge in [0.2, 0.25) is 0 Å². The van der Waals surface area contributed by atoms with Crippen LogP contribution in [0, 0.1) is 28.6 Å². The van der Waals surface area contributed by atoms with E-state index in [1.807, 2.05) is 0 Å². The minimum Gasteiger partial charge on any atom is -0.388 e. The Morgan fingerprint density at radius 1 is 1.21 bits per heavy atom. The molecule has 0 amide bonds. The van der Waals surface area contributed by atoms with Crippen molar-refractivity contribution < 1.29 is 5.11 Å². The van der Waals surface area contributed by atoms with E-state index >= 15 is 0 Å². The molecule has 0 spiro atoms. The van der Waals surface area contributed by atoms with Gasteiger partial charge in [-0.2, -0.15) is 5.26 Å². The highest BCUT2D eigenvalue weighted by atomic mass is 16.3. The summed E-state index contributed by atoms with van der Waals surface area (Å²) in [7, 11) is 0. The second-order valence-electron chi connectivity index (χ2n) is 5.59. The predicted octanol–water partition coefficient (Wildman–Crippen LogP) is 2.48. The minimum absolute atomic E-state index is 0.418. The van der Waals surface area contributed by atoms with E-state index in [9.17, 15) is 10.4 Å². The first kappa shape index (κ1) is 9.98. The average molecular weight is 193 g/mol. The summed E-state index contributed by atoms with van der Waals surface area (Å²) in [4.78, 5) is 0. The molecule has 0 aromatic heterocycles. The zero-order chi connectivity index (χ0) is 10.4. The first-order chi connectivity index (χ1) is 6.51. The zero-order valence-corrected chi connectivity index (χ0v) is 9.08. The Labute approximate surface area is 85.9 Å². The summed E-state index contributed by atoms with van der Waals surface area (Å²) in [6, 6.07) is 2.42. The van der Waals surface area contributed by atoms with Crippen LogP contribution >= 0.6 is 0 Å². The van der Waals surface area contributed by atoms with E-state index in [2.05, 4.69) is 19.9 Å². The second kappa shape index (κ2) is 2.97. The molecule has 78 valence electrons. The van der Waals surface area contributed by atoms with Gasteiger partial charge in [-0.15, -0.1) is 0 Å². The lowest BCUT2D eigenvalue weighted by molar-refractivity contribution is -0.140. The van der Waals surface area contributed by atoms with Gasteiger partial charge in [-0.3, -0.25) is 0 Å². The Balaban J connectivity index is 2.18. The summed E-state index contributed by atoms with van der Waals surface area (Å²) in [5, 5.41) is 19.7. The minimum atomic E-state index is -0.661. The van der Waals surface area contributed by atoms with Crippen molar-refractivity contribution in [2.45, 2.75) is 51.6 Å². The summed E-state index contributed by atoms with van der Waals surface area (Å²) in [6.07, 6.45) is 4.55. The maximum absolute atomic E-state index is 10.4. The van der Waals surface area contributed by atoms with Crippen molar-refractivity contribution in [2.24, 2.45) is 17.3 Å². The van der Waals surface area contributed by atoms with Gasteiger partial charge in [-0.25, -0.2) is 0 Å². The molecule has 2 aliphatic carbocycles. The van der Waals surface area contributed by atoms with Crippen LogP contribution in [0.5, 0.6) is 0 Å². The van der Waals surface area contributed by atoms with Crippen molar-refractivity contribution in [3.8, 4) is 6.07 Å². The largest absolute Gasteiger partial charge is 0.388 e. The quantitative estimate of drug-likeness (QED) is 0.695. The molecule has 2 unspecified atom stereocenters. The van der Waals surface area contributed by atoms with Gasteiger partial charge in [0.15, 0.2) is 0 Å². The number of nitrogens with zero attached hydrogens (tertiary/aromatic N) is 1. The van der Waals surface area contributed by atoms with Crippen molar-refractivity contribution in [3.05, 3.63) is 0 Å². The molecule has 0 saturated heterocycles. The number of nitriles is 1. The summed E-state index contributed by atoms with van der Waals surface area (Å²) in [5.74, 6) is 1.20. The Morgan fingerprint density at radius 2 is 1.86 bits per heavy atom. The van der Waals surface area contributed by atoms with Crippen molar-refractivity contribution in [1.82, 2.24) is 0 Å². The van der Waals surface area contributed by atoms with E-state index in [1.165, 1.54) is 0 Å². The number of rotatable bonds is 1. The number of hydrogen-bond donors (Lipinski definition) is 1. The van der Waals surface area contributed by atoms with Crippen LogP contribution in [0.2, 0.25) is 0 Å². The topological polar surface area (TPSA) is 44.0 Å². The summed E-state index contributed by atoms with van der Waals surface area (Å²) >= 11 is 0. The fourth-order valence-electron chi connectivity index (χ4n) is 3.40. The molecular weight excluding hydrogens is 174 g/mol. The maximum Gasteiger partial charge on any atom is 0.0863 e. The fraction of sp³-hybridized carbons (Fsp3) is 0.917. The van der Waals surface area contributed by atoms with Gasteiger partial charge >= 0.3 is 0 Å². The van der Waals surface area contributed by atoms with Gasteiger partial charge in [0, 0.05) is 0 Å². The van der Waals surface area contributed by atoms with Gasteiger partial charge < -0.3 is 5.11 Å².